The first-order chi connectivity index (χ1) is 5.75. The van der Waals surface area contributed by atoms with Crippen molar-refractivity contribution in [1.82, 2.24) is 0 Å². The van der Waals surface area contributed by atoms with Crippen molar-refractivity contribution in [3.8, 4) is 0 Å². The van der Waals surface area contributed by atoms with Crippen molar-refractivity contribution < 1.29 is 14.9 Å². The molecule has 0 spiro atoms. The zero-order valence-corrected chi connectivity index (χ0v) is 7.41. The first-order valence-corrected chi connectivity index (χ1v) is 5.37. The highest BCUT2D eigenvalue weighted by molar-refractivity contribution is 8.00. The van der Waals surface area contributed by atoms with E-state index in [-0.39, 0.29) is 24.4 Å². The molecule has 0 unspecified atom stereocenters. The lowest BCUT2D eigenvalue weighted by Crippen LogP contribution is -2.63. The molecule has 4 bridgehead atoms. The Kier molecular flexibility index (Phi) is 1.51. The molecule has 0 aromatic heterocycles. The van der Waals surface area contributed by atoms with Crippen LogP contribution in [0, 0.1) is 0 Å². The number of thioether (sulfide) groups is 1. The molecule has 0 saturated carbocycles. The highest BCUT2D eigenvalue weighted by Gasteiger charge is 2.53. The van der Waals surface area contributed by atoms with Crippen LogP contribution in [0.1, 0.15) is 12.8 Å². The summed E-state index contributed by atoms with van der Waals surface area (Å²) in [5.41, 5.74) is 0. The molecule has 0 aromatic rings. The van der Waals surface area contributed by atoms with Crippen molar-refractivity contribution in [3.05, 3.63) is 0 Å². The number of hydrogen-bond acceptors (Lipinski definition) is 4. The van der Waals surface area contributed by atoms with Crippen LogP contribution < -0.4 is 0 Å². The maximum absolute atomic E-state index is 9.69. The maximum atomic E-state index is 9.69. The predicted molar refractivity (Wildman–Crippen MR) is 45.1 cm³/mol. The van der Waals surface area contributed by atoms with Crippen LogP contribution in [-0.4, -0.2) is 45.1 Å². The van der Waals surface area contributed by atoms with Gasteiger partial charge in [0.25, 0.3) is 0 Å². The van der Waals surface area contributed by atoms with Gasteiger partial charge in [-0.1, -0.05) is 0 Å². The summed E-state index contributed by atoms with van der Waals surface area (Å²) in [5.74, 6) is 0. The van der Waals surface area contributed by atoms with Crippen LogP contribution in [0.2, 0.25) is 0 Å². The number of hydrogen-bond donors (Lipinski definition) is 2. The molecule has 2 N–H and O–H groups in total. The monoisotopic (exact) mass is 188 g/mol. The normalized spacial score (nSPS) is 62.5. The molecule has 4 fully saturated rings. The van der Waals surface area contributed by atoms with Crippen molar-refractivity contribution in [2.24, 2.45) is 0 Å². The quantitative estimate of drug-likeness (QED) is 0.550. The van der Waals surface area contributed by atoms with E-state index in [1.807, 2.05) is 0 Å². The number of aliphatic hydroxyl groups is 2. The minimum absolute atomic E-state index is 0.00315. The van der Waals surface area contributed by atoms with Gasteiger partial charge in [0.05, 0.1) is 24.4 Å². The molecule has 68 valence electrons. The topological polar surface area (TPSA) is 49.7 Å². The number of rotatable bonds is 0. The first kappa shape index (κ1) is 7.62. The van der Waals surface area contributed by atoms with Crippen LogP contribution >= 0.6 is 11.8 Å². The Hall–Kier alpha value is 0.230. The minimum Gasteiger partial charge on any atom is -0.389 e. The van der Waals surface area contributed by atoms with Crippen molar-refractivity contribution in [3.63, 3.8) is 0 Å². The van der Waals surface area contributed by atoms with Gasteiger partial charge in [0, 0.05) is 10.5 Å². The van der Waals surface area contributed by atoms with Crippen molar-refractivity contribution in [2.45, 2.75) is 47.8 Å². The molecule has 4 heteroatoms. The third-order valence-electron chi connectivity index (χ3n) is 3.15. The third kappa shape index (κ3) is 0.839. The van der Waals surface area contributed by atoms with Gasteiger partial charge >= 0.3 is 0 Å². The lowest BCUT2D eigenvalue weighted by atomic mass is 9.86. The SMILES string of the molecule is O[C@@H]1[C@H]2C[C@H]3S[C@@H]1C[C@@H](O2)[C@@H]3O. The van der Waals surface area contributed by atoms with Crippen LogP contribution in [0.3, 0.4) is 0 Å². The zero-order valence-electron chi connectivity index (χ0n) is 6.59. The van der Waals surface area contributed by atoms with Gasteiger partial charge in [-0.05, 0) is 12.8 Å². The van der Waals surface area contributed by atoms with Gasteiger partial charge in [-0.25, -0.2) is 0 Å². The lowest BCUT2D eigenvalue weighted by molar-refractivity contribution is -0.184. The van der Waals surface area contributed by atoms with Crippen LogP contribution in [0.15, 0.2) is 0 Å². The van der Waals surface area contributed by atoms with Gasteiger partial charge in [0.15, 0.2) is 0 Å². The van der Waals surface area contributed by atoms with Gasteiger partial charge in [-0.15, -0.1) is 11.8 Å². The van der Waals surface area contributed by atoms with E-state index in [0.717, 1.165) is 12.8 Å². The average Bonchev–Trinajstić information content (AvgIpc) is 2.02. The van der Waals surface area contributed by atoms with Crippen molar-refractivity contribution >= 4 is 11.8 Å². The van der Waals surface area contributed by atoms with E-state index >= 15 is 0 Å². The van der Waals surface area contributed by atoms with Crippen molar-refractivity contribution in [2.75, 3.05) is 0 Å². The van der Waals surface area contributed by atoms with Gasteiger partial charge < -0.3 is 14.9 Å². The van der Waals surface area contributed by atoms with Crippen LogP contribution in [-0.2, 0) is 4.74 Å². The number of ether oxygens (including phenoxy) is 1. The Balaban J connectivity index is 1.91. The molecule has 4 aliphatic rings. The molecule has 0 aliphatic carbocycles. The predicted octanol–water partition coefficient (Wildman–Crippen LogP) is -0.247. The molecule has 12 heavy (non-hydrogen) atoms. The first-order valence-electron chi connectivity index (χ1n) is 4.43. The molecule has 6 atom stereocenters. The molecule has 0 amide bonds. The zero-order chi connectivity index (χ0) is 8.29. The van der Waals surface area contributed by atoms with Gasteiger partial charge in [-0.2, -0.15) is 0 Å². The molecule has 4 heterocycles. The standard InChI is InChI=1S/C8H12O3S/c9-7-3-1-5-8(10)4(11-3)2-6(7)12-5/h3-10H,1-2H2/t3-,4-,5-,6-,7-,8+/m1/s1. The molecule has 4 aliphatic heterocycles. The summed E-state index contributed by atoms with van der Waals surface area (Å²) in [5, 5.41) is 20.0. The second kappa shape index (κ2) is 2.38. The highest BCUT2D eigenvalue weighted by atomic mass is 32.2. The second-order valence-electron chi connectivity index (χ2n) is 3.88. The Bertz CT molecular complexity index is 160. The van der Waals surface area contributed by atoms with Gasteiger partial charge in [0.2, 0.25) is 0 Å². The molecule has 0 radical (unpaired) electrons. The lowest BCUT2D eigenvalue weighted by Gasteiger charge is -2.53. The summed E-state index contributed by atoms with van der Waals surface area (Å²) in [6, 6.07) is 0. The Morgan fingerprint density at radius 3 is 1.92 bits per heavy atom. The van der Waals surface area contributed by atoms with Crippen LogP contribution in [0.25, 0.3) is 0 Å². The molecule has 4 saturated heterocycles. The summed E-state index contributed by atoms with van der Waals surface area (Å²) >= 11 is 1.74. The molecular formula is C8H12O3S. The van der Waals surface area contributed by atoms with E-state index in [9.17, 15) is 10.2 Å². The summed E-state index contributed by atoms with van der Waals surface area (Å²) < 4.78 is 5.53. The third-order valence-corrected chi connectivity index (χ3v) is 4.79. The second-order valence-corrected chi connectivity index (χ2v) is 5.36. The fourth-order valence-corrected chi connectivity index (χ4v) is 4.21. The van der Waals surface area contributed by atoms with E-state index in [0.29, 0.717) is 10.5 Å². The van der Waals surface area contributed by atoms with E-state index in [4.69, 9.17) is 4.74 Å². The summed E-state index contributed by atoms with van der Waals surface area (Å²) in [7, 11) is 0. The Morgan fingerprint density at radius 1 is 1.00 bits per heavy atom. The molecule has 4 rings (SSSR count). The Morgan fingerprint density at radius 2 is 1.50 bits per heavy atom. The summed E-state index contributed by atoms with van der Waals surface area (Å²) in [6.07, 6.45) is 1.05. The fraction of sp³-hybridized carbons (Fsp3) is 1.00. The van der Waals surface area contributed by atoms with E-state index in [1.54, 1.807) is 11.8 Å². The highest BCUT2D eigenvalue weighted by Crippen LogP contribution is 2.48. The van der Waals surface area contributed by atoms with Crippen molar-refractivity contribution in [1.29, 1.82) is 0 Å². The molecule has 3 nitrogen and oxygen atoms in total. The average molecular weight is 188 g/mol. The maximum Gasteiger partial charge on any atom is 0.0921 e. The summed E-state index contributed by atoms with van der Waals surface area (Å²) in [4.78, 5) is 0. The smallest absolute Gasteiger partial charge is 0.0921 e. The largest absolute Gasteiger partial charge is 0.389 e. The van der Waals surface area contributed by atoms with Gasteiger partial charge in [-0.3, -0.25) is 0 Å². The molecular weight excluding hydrogens is 176 g/mol. The number of aliphatic hydroxyl groups excluding tert-OH is 2. The van der Waals surface area contributed by atoms with E-state index < -0.39 is 0 Å². The fourth-order valence-electron chi connectivity index (χ4n) is 2.49. The van der Waals surface area contributed by atoms with E-state index in [1.165, 1.54) is 0 Å². The Labute approximate surface area is 75.1 Å². The van der Waals surface area contributed by atoms with Gasteiger partial charge in [0.1, 0.15) is 0 Å². The van der Waals surface area contributed by atoms with Crippen LogP contribution in [0.5, 0.6) is 0 Å². The van der Waals surface area contributed by atoms with Crippen LogP contribution in [0.4, 0.5) is 0 Å². The summed E-state index contributed by atoms with van der Waals surface area (Å²) in [6.45, 7) is 0. The minimum atomic E-state index is -0.296. The molecule has 0 aromatic carbocycles. The van der Waals surface area contributed by atoms with E-state index in [2.05, 4.69) is 0 Å².